The molecule has 0 aliphatic carbocycles. The van der Waals surface area contributed by atoms with E-state index in [1.807, 2.05) is 38.1 Å². The number of pyridine rings is 1. The van der Waals surface area contributed by atoms with Gasteiger partial charge in [-0.05, 0) is 73.9 Å². The van der Waals surface area contributed by atoms with Gasteiger partial charge in [0, 0.05) is 30.4 Å². The van der Waals surface area contributed by atoms with Crippen LogP contribution < -0.4 is 15.4 Å². The molecule has 3 N–H and O–H groups in total. The van der Waals surface area contributed by atoms with Gasteiger partial charge in [0.1, 0.15) is 5.75 Å². The molecule has 2 aromatic carbocycles. The number of piperidine rings is 1. The molecule has 2 aromatic heterocycles. The number of aromatic nitrogens is 3. The molecule has 1 unspecified atom stereocenters. The van der Waals surface area contributed by atoms with Crippen LogP contribution in [0.1, 0.15) is 37.3 Å². The summed E-state index contributed by atoms with van der Waals surface area (Å²) in [5, 5.41) is 19.2. The summed E-state index contributed by atoms with van der Waals surface area (Å²) in [6.45, 7) is 6.00. The highest BCUT2D eigenvalue weighted by Crippen LogP contribution is 2.37. The van der Waals surface area contributed by atoms with Gasteiger partial charge in [0.25, 0.3) is 0 Å². The Hall–Kier alpha value is -3.55. The van der Waals surface area contributed by atoms with Crippen LogP contribution in [0.5, 0.6) is 11.6 Å². The van der Waals surface area contributed by atoms with Crippen molar-refractivity contribution in [2.45, 2.75) is 51.7 Å². The van der Waals surface area contributed by atoms with Crippen molar-refractivity contribution in [2.24, 2.45) is 0 Å². The molecule has 7 heteroatoms. The Morgan fingerprint density at radius 2 is 2.00 bits per heavy atom. The molecule has 0 bridgehead atoms. The summed E-state index contributed by atoms with van der Waals surface area (Å²) in [4.78, 5) is 13.8. The van der Waals surface area contributed by atoms with Crippen LogP contribution in [0.2, 0.25) is 0 Å². The van der Waals surface area contributed by atoms with Gasteiger partial charge in [-0.15, -0.1) is 0 Å². The van der Waals surface area contributed by atoms with Crippen LogP contribution in [0.4, 0.5) is 5.95 Å². The molecule has 4 aromatic rings. The molecule has 3 heterocycles. The fraction of sp³-hybridized carbons (Fsp3) is 0.345. The predicted molar refractivity (Wildman–Crippen MR) is 144 cm³/mol. The van der Waals surface area contributed by atoms with Gasteiger partial charge in [-0.2, -0.15) is 0 Å². The number of aliphatic hydroxyl groups excluding tert-OH is 1. The average molecular weight is 484 g/mol. The van der Waals surface area contributed by atoms with Crippen LogP contribution in [-0.2, 0) is 6.42 Å². The molecule has 1 aliphatic heterocycles. The Morgan fingerprint density at radius 3 is 2.83 bits per heavy atom. The van der Waals surface area contributed by atoms with Gasteiger partial charge in [0.15, 0.2) is 0 Å². The Bertz CT molecular complexity index is 1340. The topological polar surface area (TPSA) is 92.2 Å². The molecule has 0 saturated carbocycles. The first kappa shape index (κ1) is 24.2. The lowest BCUT2D eigenvalue weighted by Crippen LogP contribution is -2.38. The molecule has 186 valence electrons. The minimum Gasteiger partial charge on any atom is -0.437 e. The molecule has 5 rings (SSSR count). The lowest BCUT2D eigenvalue weighted by Gasteiger charge is -2.23. The molecule has 1 fully saturated rings. The van der Waals surface area contributed by atoms with Crippen LogP contribution in [0.25, 0.3) is 22.0 Å². The zero-order valence-electron chi connectivity index (χ0n) is 20.9. The molecule has 0 spiro atoms. The van der Waals surface area contributed by atoms with Crippen LogP contribution in [-0.4, -0.2) is 45.3 Å². The van der Waals surface area contributed by atoms with E-state index in [1.54, 1.807) is 12.4 Å². The van der Waals surface area contributed by atoms with E-state index in [-0.39, 0.29) is 6.10 Å². The highest BCUT2D eigenvalue weighted by molar-refractivity contribution is 5.92. The number of fused-ring (bicyclic) bond motifs is 1. The number of ether oxygens (including phenoxy) is 1. The van der Waals surface area contributed by atoms with Gasteiger partial charge >= 0.3 is 0 Å². The third kappa shape index (κ3) is 5.32. The second-order valence-corrected chi connectivity index (χ2v) is 9.40. The van der Waals surface area contributed by atoms with E-state index in [2.05, 4.69) is 44.9 Å². The second-order valence-electron chi connectivity index (χ2n) is 9.40. The SMILES string of the molecule is CCC(O)Cc1cccc2c(Oc3ncccc3-c3ccnc(N[C@H]4CCCNC4)n3)c(C)ccc12. The molecule has 1 saturated heterocycles. The summed E-state index contributed by atoms with van der Waals surface area (Å²) < 4.78 is 6.52. The third-order valence-electron chi connectivity index (χ3n) is 6.76. The number of aliphatic hydroxyl groups is 1. The summed E-state index contributed by atoms with van der Waals surface area (Å²) in [6, 6.07) is 16.4. The number of nitrogens with zero attached hydrogens (tertiary/aromatic N) is 3. The van der Waals surface area contributed by atoms with E-state index in [9.17, 15) is 5.11 Å². The first-order valence-electron chi connectivity index (χ1n) is 12.7. The van der Waals surface area contributed by atoms with Crippen molar-refractivity contribution in [3.05, 3.63) is 72.1 Å². The van der Waals surface area contributed by atoms with E-state index in [1.165, 1.54) is 0 Å². The van der Waals surface area contributed by atoms with Crippen molar-refractivity contribution in [1.29, 1.82) is 0 Å². The average Bonchev–Trinajstić information content (AvgIpc) is 2.91. The van der Waals surface area contributed by atoms with Crippen molar-refractivity contribution in [1.82, 2.24) is 20.3 Å². The van der Waals surface area contributed by atoms with Gasteiger partial charge in [0.2, 0.25) is 11.8 Å². The fourth-order valence-electron chi connectivity index (χ4n) is 4.72. The molecule has 0 radical (unpaired) electrons. The molecule has 2 atom stereocenters. The number of nitrogens with one attached hydrogen (secondary N) is 2. The van der Waals surface area contributed by atoms with E-state index >= 15 is 0 Å². The molecule has 1 aliphatic rings. The van der Waals surface area contributed by atoms with Gasteiger partial charge in [-0.3, -0.25) is 0 Å². The molecule has 0 amide bonds. The number of hydrogen-bond acceptors (Lipinski definition) is 7. The highest BCUT2D eigenvalue weighted by atomic mass is 16.5. The van der Waals surface area contributed by atoms with Crippen LogP contribution >= 0.6 is 0 Å². The summed E-state index contributed by atoms with van der Waals surface area (Å²) in [7, 11) is 0. The van der Waals surface area contributed by atoms with Crippen molar-refractivity contribution >= 4 is 16.7 Å². The maximum atomic E-state index is 10.3. The number of anilines is 1. The Labute approximate surface area is 212 Å². The summed E-state index contributed by atoms with van der Waals surface area (Å²) in [6.07, 6.45) is 6.70. The lowest BCUT2D eigenvalue weighted by atomic mass is 9.97. The Kier molecular flexibility index (Phi) is 7.39. The van der Waals surface area contributed by atoms with E-state index in [4.69, 9.17) is 9.72 Å². The van der Waals surface area contributed by atoms with E-state index in [0.717, 1.165) is 71.3 Å². The molecular formula is C29H33N5O2. The fourth-order valence-corrected chi connectivity index (χ4v) is 4.72. The number of aryl methyl sites for hydroxylation is 1. The van der Waals surface area contributed by atoms with Gasteiger partial charge in [0.05, 0.1) is 17.4 Å². The highest BCUT2D eigenvalue weighted by Gasteiger charge is 2.17. The van der Waals surface area contributed by atoms with Crippen molar-refractivity contribution in [2.75, 3.05) is 18.4 Å². The minimum atomic E-state index is -0.367. The van der Waals surface area contributed by atoms with Crippen LogP contribution in [0.3, 0.4) is 0 Å². The summed E-state index contributed by atoms with van der Waals surface area (Å²) in [5.74, 6) is 1.87. The summed E-state index contributed by atoms with van der Waals surface area (Å²) >= 11 is 0. The third-order valence-corrected chi connectivity index (χ3v) is 6.76. The van der Waals surface area contributed by atoms with E-state index in [0.29, 0.717) is 24.3 Å². The van der Waals surface area contributed by atoms with E-state index < -0.39 is 0 Å². The van der Waals surface area contributed by atoms with Crippen molar-refractivity contribution < 1.29 is 9.84 Å². The monoisotopic (exact) mass is 483 g/mol. The maximum absolute atomic E-state index is 10.3. The van der Waals surface area contributed by atoms with Gasteiger partial charge < -0.3 is 20.5 Å². The van der Waals surface area contributed by atoms with Crippen LogP contribution in [0, 0.1) is 6.92 Å². The number of benzene rings is 2. The summed E-state index contributed by atoms with van der Waals surface area (Å²) in [5.41, 5.74) is 3.68. The molecule has 7 nitrogen and oxygen atoms in total. The lowest BCUT2D eigenvalue weighted by molar-refractivity contribution is 0.171. The van der Waals surface area contributed by atoms with Crippen molar-refractivity contribution in [3.8, 4) is 22.9 Å². The Morgan fingerprint density at radius 1 is 1.08 bits per heavy atom. The quantitative estimate of drug-likeness (QED) is 0.314. The first-order chi connectivity index (χ1) is 17.6. The first-order valence-corrected chi connectivity index (χ1v) is 12.7. The normalized spacial score (nSPS) is 16.6. The molecule has 36 heavy (non-hydrogen) atoms. The smallest absolute Gasteiger partial charge is 0.228 e. The number of hydrogen-bond donors (Lipinski definition) is 3. The molecular weight excluding hydrogens is 450 g/mol. The largest absolute Gasteiger partial charge is 0.437 e. The Balaban J connectivity index is 1.48. The van der Waals surface area contributed by atoms with Crippen LogP contribution in [0.15, 0.2) is 60.9 Å². The van der Waals surface area contributed by atoms with Gasteiger partial charge in [-0.25, -0.2) is 15.0 Å². The maximum Gasteiger partial charge on any atom is 0.228 e. The zero-order valence-corrected chi connectivity index (χ0v) is 20.9. The predicted octanol–water partition coefficient (Wildman–Crippen LogP) is 5.27. The second kappa shape index (κ2) is 11.0. The minimum absolute atomic E-state index is 0.317. The number of rotatable bonds is 8. The standard InChI is InChI=1S/C29H33N5O2/c1-3-22(35)17-20-7-4-9-24-23(20)12-11-19(2)27(24)36-28-25(10-6-15-31-28)26-13-16-32-29(34-26)33-21-8-5-14-30-18-21/h4,6-7,9-13,15-16,21-22,30,35H,3,5,8,14,17-18H2,1-2H3,(H,32,33,34)/t21-,22?/m0/s1. The van der Waals surface area contributed by atoms with Crippen molar-refractivity contribution in [3.63, 3.8) is 0 Å². The zero-order chi connectivity index (χ0) is 24.9. The van der Waals surface area contributed by atoms with Gasteiger partial charge in [-0.1, -0.05) is 37.3 Å².